The average Bonchev–Trinajstić information content (AvgIpc) is 2.91. The Morgan fingerprint density at radius 2 is 2.24 bits per heavy atom. The largest absolute Gasteiger partial charge is 0.346 e. The second kappa shape index (κ2) is 5.02. The van der Waals surface area contributed by atoms with Crippen molar-refractivity contribution in [3.8, 4) is 0 Å². The predicted molar refractivity (Wildman–Crippen MR) is 66.4 cm³/mol. The quantitative estimate of drug-likeness (QED) is 0.810. The Labute approximate surface area is 118 Å². The molecule has 2 fully saturated rings. The molecule has 0 saturated carbocycles. The summed E-state index contributed by atoms with van der Waals surface area (Å²) in [5, 5.41) is 0. The van der Waals surface area contributed by atoms with Crippen molar-refractivity contribution in [1.29, 1.82) is 0 Å². The molecular weight excluding hydrogens is 287 g/mol. The average molecular weight is 302 g/mol. The molecule has 1 aromatic rings. The molecule has 8 nitrogen and oxygen atoms in total. The molecule has 2 aliphatic rings. The van der Waals surface area contributed by atoms with E-state index in [0.29, 0.717) is 0 Å². The summed E-state index contributed by atoms with van der Waals surface area (Å²) in [6.07, 6.45) is -1.28. The number of nitrogens with one attached hydrogen (secondary N) is 1. The molecule has 0 spiro atoms. The number of nitrogens with zero attached hydrogens (tertiary/aromatic N) is 1. The van der Waals surface area contributed by atoms with Crippen molar-refractivity contribution in [1.82, 2.24) is 9.55 Å². The fourth-order valence-corrected chi connectivity index (χ4v) is 2.76. The van der Waals surface area contributed by atoms with Gasteiger partial charge in [0.15, 0.2) is 6.23 Å². The maximum absolute atomic E-state index is 13.1. The number of fused-ring (bicyclic) bond motifs is 1. The molecule has 21 heavy (non-hydrogen) atoms. The third kappa shape index (κ3) is 2.13. The van der Waals surface area contributed by atoms with Gasteiger partial charge in [0.2, 0.25) is 0 Å². The Bertz CT molecular complexity index is 645. The van der Waals surface area contributed by atoms with Crippen molar-refractivity contribution >= 4 is 0 Å². The van der Waals surface area contributed by atoms with Crippen LogP contribution in [0.25, 0.3) is 0 Å². The monoisotopic (exact) mass is 302 g/mol. The number of alkyl halides is 1. The van der Waals surface area contributed by atoms with Gasteiger partial charge in [-0.05, 0) is 6.92 Å². The van der Waals surface area contributed by atoms with E-state index in [9.17, 15) is 14.0 Å². The minimum atomic E-state index is -1.11. The summed E-state index contributed by atoms with van der Waals surface area (Å²) in [5.41, 5.74) is -2.31. The molecule has 116 valence electrons. The summed E-state index contributed by atoms with van der Waals surface area (Å²) < 4.78 is 35.9. The molecule has 9 heteroatoms. The van der Waals surface area contributed by atoms with Gasteiger partial charge in [-0.15, -0.1) is 0 Å². The third-order valence-electron chi connectivity index (χ3n) is 3.75. The van der Waals surface area contributed by atoms with Gasteiger partial charge < -0.3 is 18.9 Å². The fourth-order valence-electron chi connectivity index (χ4n) is 2.76. The highest BCUT2D eigenvalue weighted by atomic mass is 19.1. The SMILES string of the molecule is COC1O[C@@H]2[C@H](CF)O[C@@H](n3ccc(=O)[nH]c3=O)[C@]2(C)O1. The van der Waals surface area contributed by atoms with E-state index in [0.717, 1.165) is 4.57 Å². The van der Waals surface area contributed by atoms with Crippen LogP contribution in [0.15, 0.2) is 21.9 Å². The predicted octanol–water partition coefficient (Wildman–Crippen LogP) is -0.492. The van der Waals surface area contributed by atoms with Crippen LogP contribution in [0.1, 0.15) is 13.2 Å². The zero-order chi connectivity index (χ0) is 15.2. The van der Waals surface area contributed by atoms with Crippen LogP contribution >= 0.6 is 0 Å². The van der Waals surface area contributed by atoms with Gasteiger partial charge >= 0.3 is 5.69 Å². The minimum Gasteiger partial charge on any atom is -0.346 e. The molecule has 2 aliphatic heterocycles. The first-order valence-electron chi connectivity index (χ1n) is 6.38. The molecule has 0 aromatic carbocycles. The lowest BCUT2D eigenvalue weighted by Crippen LogP contribution is -2.45. The van der Waals surface area contributed by atoms with Crippen molar-refractivity contribution in [2.75, 3.05) is 13.8 Å². The van der Waals surface area contributed by atoms with E-state index in [-0.39, 0.29) is 0 Å². The normalized spacial score (nSPS) is 38.6. The molecule has 1 aromatic heterocycles. The van der Waals surface area contributed by atoms with E-state index >= 15 is 0 Å². The van der Waals surface area contributed by atoms with Crippen LogP contribution in [0.2, 0.25) is 0 Å². The van der Waals surface area contributed by atoms with Crippen molar-refractivity contribution in [3.05, 3.63) is 33.1 Å². The summed E-state index contributed by atoms with van der Waals surface area (Å²) in [7, 11) is 1.39. The van der Waals surface area contributed by atoms with Crippen LogP contribution in [0.5, 0.6) is 0 Å². The summed E-state index contributed by atoms with van der Waals surface area (Å²) in [6.45, 7) is -0.109. The highest BCUT2D eigenvalue weighted by molar-refractivity contribution is 5.05. The number of methoxy groups -OCH3 is 1. The standard InChI is InChI=1S/C12H15FN2O6/c1-12-8(20-11(18-2)21-12)6(5-13)19-9(12)15-4-3-7(16)14-10(15)17/h3-4,6,8-9,11H,5H2,1-2H3,(H,14,16,17)/t6-,8+,9+,11?,12+/m0/s1. The number of hydrogen-bond acceptors (Lipinski definition) is 6. The number of ether oxygens (including phenoxy) is 4. The maximum Gasteiger partial charge on any atom is 0.330 e. The van der Waals surface area contributed by atoms with Gasteiger partial charge in [0.25, 0.3) is 12.0 Å². The van der Waals surface area contributed by atoms with Gasteiger partial charge in [-0.3, -0.25) is 14.3 Å². The van der Waals surface area contributed by atoms with Gasteiger partial charge in [-0.2, -0.15) is 0 Å². The second-order valence-corrected chi connectivity index (χ2v) is 5.08. The lowest BCUT2D eigenvalue weighted by Gasteiger charge is -2.28. The molecule has 1 unspecified atom stereocenters. The summed E-state index contributed by atoms with van der Waals surface area (Å²) >= 11 is 0. The Kier molecular flexibility index (Phi) is 3.44. The van der Waals surface area contributed by atoms with Gasteiger partial charge in [0, 0.05) is 19.4 Å². The second-order valence-electron chi connectivity index (χ2n) is 5.08. The summed E-state index contributed by atoms with van der Waals surface area (Å²) in [5.74, 6) is 0. The number of aromatic nitrogens is 2. The van der Waals surface area contributed by atoms with Gasteiger partial charge in [0.1, 0.15) is 24.5 Å². The van der Waals surface area contributed by atoms with E-state index in [1.807, 2.05) is 0 Å². The van der Waals surface area contributed by atoms with Crippen molar-refractivity contribution in [2.45, 2.75) is 37.4 Å². The van der Waals surface area contributed by atoms with Crippen molar-refractivity contribution < 1.29 is 23.3 Å². The highest BCUT2D eigenvalue weighted by Crippen LogP contribution is 2.47. The maximum atomic E-state index is 13.1. The molecule has 3 heterocycles. The Balaban J connectivity index is 2.02. The zero-order valence-electron chi connectivity index (χ0n) is 11.4. The van der Waals surface area contributed by atoms with Crippen LogP contribution < -0.4 is 11.2 Å². The van der Waals surface area contributed by atoms with E-state index in [2.05, 4.69) is 4.98 Å². The van der Waals surface area contributed by atoms with E-state index in [1.165, 1.54) is 19.4 Å². The van der Waals surface area contributed by atoms with Gasteiger partial charge in [-0.25, -0.2) is 9.18 Å². The van der Waals surface area contributed by atoms with Crippen molar-refractivity contribution in [2.24, 2.45) is 0 Å². The Morgan fingerprint density at radius 3 is 2.86 bits per heavy atom. The smallest absolute Gasteiger partial charge is 0.330 e. The Hall–Kier alpha value is -1.55. The first-order chi connectivity index (χ1) is 9.99. The van der Waals surface area contributed by atoms with Gasteiger partial charge in [0.05, 0.1) is 0 Å². The molecule has 5 atom stereocenters. The summed E-state index contributed by atoms with van der Waals surface area (Å²) in [4.78, 5) is 25.2. The molecule has 0 radical (unpaired) electrons. The first-order valence-corrected chi connectivity index (χ1v) is 6.38. The van der Waals surface area contributed by atoms with Gasteiger partial charge in [-0.1, -0.05) is 0 Å². The number of hydrogen-bond donors (Lipinski definition) is 1. The highest BCUT2D eigenvalue weighted by Gasteiger charge is 2.62. The molecule has 0 bridgehead atoms. The van der Waals surface area contributed by atoms with E-state index in [4.69, 9.17) is 18.9 Å². The van der Waals surface area contributed by atoms with Crippen LogP contribution in [0.4, 0.5) is 4.39 Å². The van der Waals surface area contributed by atoms with Crippen LogP contribution in [-0.4, -0.2) is 47.6 Å². The third-order valence-corrected chi connectivity index (χ3v) is 3.75. The summed E-state index contributed by atoms with van der Waals surface area (Å²) in [6, 6.07) is 1.18. The number of halogens is 1. The number of aromatic amines is 1. The lowest BCUT2D eigenvalue weighted by molar-refractivity contribution is -0.268. The number of rotatable bonds is 3. The Morgan fingerprint density at radius 1 is 1.48 bits per heavy atom. The molecule has 1 N–H and O–H groups in total. The minimum absolute atomic E-state index is 0.531. The molecule has 0 amide bonds. The molecule has 0 aliphatic carbocycles. The molecule has 3 rings (SSSR count). The van der Waals surface area contributed by atoms with Crippen molar-refractivity contribution in [3.63, 3.8) is 0 Å². The molecular formula is C12H15FN2O6. The van der Waals surface area contributed by atoms with Crippen LogP contribution in [0, 0.1) is 0 Å². The zero-order valence-corrected chi connectivity index (χ0v) is 11.4. The van der Waals surface area contributed by atoms with E-state index in [1.54, 1.807) is 6.92 Å². The molecule has 2 saturated heterocycles. The van der Waals surface area contributed by atoms with E-state index < -0.39 is 48.4 Å². The lowest BCUT2D eigenvalue weighted by atomic mass is 9.97. The number of H-pyrrole nitrogens is 1. The first kappa shape index (κ1) is 14.4. The topological polar surface area (TPSA) is 91.8 Å². The fraction of sp³-hybridized carbons (Fsp3) is 0.667. The van der Waals surface area contributed by atoms with Crippen LogP contribution in [-0.2, 0) is 18.9 Å². The van der Waals surface area contributed by atoms with Crippen LogP contribution in [0.3, 0.4) is 0 Å².